The van der Waals surface area contributed by atoms with Crippen LogP contribution < -0.4 is 0 Å². The Balaban J connectivity index is 2.26. The molecule has 0 aromatic heterocycles. The van der Waals surface area contributed by atoms with Crippen molar-refractivity contribution in [1.82, 2.24) is 9.21 Å². The third-order valence-electron chi connectivity index (χ3n) is 4.92. The van der Waals surface area contributed by atoms with E-state index in [0.29, 0.717) is 12.1 Å². The number of likely N-dealkylation sites (N-methyl/N-ethyl adjacent to an activating group) is 1. The SMILES string of the molecule is Cc1ccc(S(=O)(=O)N2CCCCC2C)cc1C(=O)N(C)CC(=O)OC(C)(C)C. The summed E-state index contributed by atoms with van der Waals surface area (Å²) in [6.45, 7) is 9.20. The van der Waals surface area contributed by atoms with E-state index in [1.54, 1.807) is 33.8 Å². The van der Waals surface area contributed by atoms with Gasteiger partial charge in [0, 0.05) is 25.2 Å². The number of aryl methyl sites for hydroxylation is 1. The molecule has 1 fully saturated rings. The Morgan fingerprint density at radius 3 is 2.48 bits per heavy atom. The van der Waals surface area contributed by atoms with Crippen LogP contribution >= 0.6 is 0 Å². The summed E-state index contributed by atoms with van der Waals surface area (Å²) in [6.07, 6.45) is 2.68. The molecule has 0 aliphatic carbocycles. The molecule has 0 radical (unpaired) electrons. The number of nitrogens with zero attached hydrogens (tertiary/aromatic N) is 2. The van der Waals surface area contributed by atoms with Crippen LogP contribution in [0.3, 0.4) is 0 Å². The number of carbonyl (C=O) groups is 2. The Labute approximate surface area is 174 Å². The highest BCUT2D eigenvalue weighted by molar-refractivity contribution is 7.89. The Morgan fingerprint density at radius 1 is 1.24 bits per heavy atom. The van der Waals surface area contributed by atoms with Crippen LogP contribution in [0.4, 0.5) is 0 Å². The van der Waals surface area contributed by atoms with Crippen LogP contribution in [-0.2, 0) is 19.6 Å². The van der Waals surface area contributed by atoms with Crippen LogP contribution in [0.15, 0.2) is 23.1 Å². The van der Waals surface area contributed by atoms with Gasteiger partial charge in [-0.2, -0.15) is 4.31 Å². The number of amides is 1. The zero-order chi connectivity index (χ0) is 22.0. The summed E-state index contributed by atoms with van der Waals surface area (Å²) < 4.78 is 33.0. The van der Waals surface area contributed by atoms with Gasteiger partial charge in [-0.25, -0.2) is 8.42 Å². The van der Waals surface area contributed by atoms with Gasteiger partial charge in [-0.05, 0) is 65.2 Å². The second-order valence-corrected chi connectivity index (χ2v) is 10.6. The highest BCUT2D eigenvalue weighted by Gasteiger charge is 2.32. The average molecular weight is 425 g/mol. The maximum absolute atomic E-state index is 13.1. The minimum Gasteiger partial charge on any atom is -0.459 e. The molecule has 0 bridgehead atoms. The lowest BCUT2D eigenvalue weighted by Crippen LogP contribution is -2.42. The molecule has 1 aromatic rings. The molecule has 1 aliphatic heterocycles. The molecule has 8 heteroatoms. The highest BCUT2D eigenvalue weighted by atomic mass is 32.2. The lowest BCUT2D eigenvalue weighted by atomic mass is 10.1. The van der Waals surface area contributed by atoms with Crippen LogP contribution in [0.5, 0.6) is 0 Å². The summed E-state index contributed by atoms with van der Waals surface area (Å²) in [5.41, 5.74) is 0.272. The molecule has 1 aromatic carbocycles. The summed E-state index contributed by atoms with van der Waals surface area (Å²) in [7, 11) is -2.19. The molecule has 29 heavy (non-hydrogen) atoms. The van der Waals surface area contributed by atoms with E-state index in [0.717, 1.165) is 19.3 Å². The fourth-order valence-electron chi connectivity index (χ4n) is 3.40. The predicted octanol–water partition coefficient (Wildman–Crippen LogP) is 2.97. The number of sulfonamides is 1. The first kappa shape index (κ1) is 23.3. The van der Waals surface area contributed by atoms with Crippen molar-refractivity contribution < 1.29 is 22.7 Å². The molecule has 1 aliphatic rings. The smallest absolute Gasteiger partial charge is 0.326 e. The van der Waals surface area contributed by atoms with E-state index in [1.807, 2.05) is 6.92 Å². The molecule has 1 saturated heterocycles. The molecule has 1 unspecified atom stereocenters. The number of benzene rings is 1. The van der Waals surface area contributed by atoms with Crippen molar-refractivity contribution in [2.24, 2.45) is 0 Å². The van der Waals surface area contributed by atoms with Crippen molar-refractivity contribution in [3.8, 4) is 0 Å². The lowest BCUT2D eigenvalue weighted by molar-refractivity contribution is -0.155. The van der Waals surface area contributed by atoms with Gasteiger partial charge in [-0.15, -0.1) is 0 Å². The summed E-state index contributed by atoms with van der Waals surface area (Å²) in [5.74, 6) is -0.936. The molecular formula is C21H32N2O5S. The molecule has 7 nitrogen and oxygen atoms in total. The van der Waals surface area contributed by atoms with Crippen LogP contribution in [0.2, 0.25) is 0 Å². The first-order valence-corrected chi connectivity index (χ1v) is 11.4. The summed E-state index contributed by atoms with van der Waals surface area (Å²) in [5, 5.41) is 0. The van der Waals surface area contributed by atoms with Gasteiger partial charge in [-0.1, -0.05) is 12.5 Å². The molecule has 2 rings (SSSR count). The van der Waals surface area contributed by atoms with E-state index in [4.69, 9.17) is 4.74 Å². The summed E-state index contributed by atoms with van der Waals surface area (Å²) in [4.78, 5) is 26.3. The van der Waals surface area contributed by atoms with Crippen LogP contribution in [-0.4, -0.2) is 61.3 Å². The highest BCUT2D eigenvalue weighted by Crippen LogP contribution is 2.26. The molecule has 0 N–H and O–H groups in total. The molecule has 162 valence electrons. The zero-order valence-corrected chi connectivity index (χ0v) is 19.0. The molecule has 1 amide bonds. The number of piperidine rings is 1. The third kappa shape index (κ3) is 5.79. The Morgan fingerprint density at radius 2 is 1.90 bits per heavy atom. The predicted molar refractivity (Wildman–Crippen MR) is 111 cm³/mol. The van der Waals surface area contributed by atoms with Crippen molar-refractivity contribution >= 4 is 21.9 Å². The Kier molecular flexibility index (Phi) is 7.11. The van der Waals surface area contributed by atoms with Gasteiger partial charge in [-0.3, -0.25) is 9.59 Å². The van der Waals surface area contributed by atoms with Crippen molar-refractivity contribution in [2.45, 2.75) is 70.4 Å². The quantitative estimate of drug-likeness (QED) is 0.679. The van der Waals surface area contributed by atoms with E-state index in [2.05, 4.69) is 0 Å². The van der Waals surface area contributed by atoms with E-state index in [1.165, 1.54) is 28.4 Å². The molecule has 1 heterocycles. The maximum atomic E-state index is 13.1. The van der Waals surface area contributed by atoms with Crippen LogP contribution in [0.25, 0.3) is 0 Å². The van der Waals surface area contributed by atoms with Crippen molar-refractivity contribution in [3.63, 3.8) is 0 Å². The molecule has 0 saturated carbocycles. The fraction of sp³-hybridized carbons (Fsp3) is 0.619. The average Bonchev–Trinajstić information content (AvgIpc) is 2.59. The van der Waals surface area contributed by atoms with E-state index < -0.39 is 27.5 Å². The third-order valence-corrected chi connectivity index (χ3v) is 6.93. The number of carbonyl (C=O) groups excluding carboxylic acids is 2. The monoisotopic (exact) mass is 424 g/mol. The van der Waals surface area contributed by atoms with E-state index >= 15 is 0 Å². The van der Waals surface area contributed by atoms with Crippen LogP contribution in [0, 0.1) is 6.92 Å². The maximum Gasteiger partial charge on any atom is 0.326 e. The minimum atomic E-state index is -3.69. The summed E-state index contributed by atoms with van der Waals surface area (Å²) >= 11 is 0. The topological polar surface area (TPSA) is 84.0 Å². The standard InChI is InChI=1S/C21H32N2O5S/c1-15-10-11-17(29(26,27)23-12-8-7-9-16(23)2)13-18(15)20(25)22(6)14-19(24)28-21(3,4)5/h10-11,13,16H,7-9,12,14H2,1-6H3. The van der Waals surface area contributed by atoms with Gasteiger partial charge < -0.3 is 9.64 Å². The zero-order valence-electron chi connectivity index (χ0n) is 18.2. The molecule has 1 atom stereocenters. The van der Waals surface area contributed by atoms with Gasteiger partial charge >= 0.3 is 5.97 Å². The van der Waals surface area contributed by atoms with Gasteiger partial charge in [0.15, 0.2) is 0 Å². The van der Waals surface area contributed by atoms with Gasteiger partial charge in [0.05, 0.1) is 4.90 Å². The molecule has 0 spiro atoms. The van der Waals surface area contributed by atoms with Gasteiger partial charge in [0.2, 0.25) is 10.0 Å². The van der Waals surface area contributed by atoms with Crippen molar-refractivity contribution in [1.29, 1.82) is 0 Å². The van der Waals surface area contributed by atoms with Gasteiger partial charge in [0.1, 0.15) is 12.1 Å². The Hall–Kier alpha value is -1.93. The van der Waals surface area contributed by atoms with E-state index in [9.17, 15) is 18.0 Å². The van der Waals surface area contributed by atoms with Crippen LogP contribution in [0.1, 0.15) is 62.9 Å². The first-order chi connectivity index (χ1) is 13.3. The number of hydrogen-bond donors (Lipinski definition) is 0. The summed E-state index contributed by atoms with van der Waals surface area (Å²) in [6, 6.07) is 4.52. The first-order valence-electron chi connectivity index (χ1n) is 9.93. The van der Waals surface area contributed by atoms with Crippen molar-refractivity contribution in [3.05, 3.63) is 29.3 Å². The largest absolute Gasteiger partial charge is 0.459 e. The van der Waals surface area contributed by atoms with Gasteiger partial charge in [0.25, 0.3) is 5.91 Å². The number of hydrogen-bond acceptors (Lipinski definition) is 5. The van der Waals surface area contributed by atoms with E-state index in [-0.39, 0.29) is 23.0 Å². The second kappa shape index (κ2) is 8.83. The number of ether oxygens (including phenoxy) is 1. The fourth-order valence-corrected chi connectivity index (χ4v) is 5.13. The van der Waals surface area contributed by atoms with Crippen molar-refractivity contribution in [2.75, 3.05) is 20.1 Å². The Bertz CT molecular complexity index is 874. The second-order valence-electron chi connectivity index (χ2n) is 8.68. The lowest BCUT2D eigenvalue weighted by Gasteiger charge is -2.32. The number of rotatable bonds is 5. The number of esters is 1. The minimum absolute atomic E-state index is 0.0657. The molecular weight excluding hydrogens is 392 g/mol. The normalized spacial score (nSPS) is 18.3.